The van der Waals surface area contributed by atoms with Crippen molar-refractivity contribution in [1.82, 2.24) is 10.0 Å². The van der Waals surface area contributed by atoms with Crippen LogP contribution in [0.25, 0.3) is 11.1 Å². The van der Waals surface area contributed by atoms with E-state index in [1.807, 2.05) is 60.5 Å². The molecular weight excluding hydrogens is 443 g/mol. The van der Waals surface area contributed by atoms with Crippen LogP contribution in [0.1, 0.15) is 29.3 Å². The third-order valence-corrected chi connectivity index (χ3v) is 5.61. The number of halogens is 3. The van der Waals surface area contributed by atoms with Gasteiger partial charge in [-0.05, 0) is 41.3 Å². The zero-order valence-electron chi connectivity index (χ0n) is 18.6. The van der Waals surface area contributed by atoms with Crippen LogP contribution in [0.4, 0.5) is 13.2 Å². The molecule has 0 amide bonds. The average molecular weight is 465 g/mol. The SMILES string of the molecule is CC1=CN(C)N2C(=C1)N=C(CC#CC(F)(F)F)C2Cc1ccc(-c2ccccc2C(=O)O)cc1. The van der Waals surface area contributed by atoms with Crippen molar-refractivity contribution < 1.29 is 23.1 Å². The van der Waals surface area contributed by atoms with E-state index in [-0.39, 0.29) is 18.0 Å². The maximum absolute atomic E-state index is 12.6. The highest BCUT2D eigenvalue weighted by Gasteiger charge is 2.35. The van der Waals surface area contributed by atoms with Crippen molar-refractivity contribution in [2.24, 2.45) is 4.99 Å². The second-order valence-corrected chi connectivity index (χ2v) is 8.14. The number of hydrogen-bond acceptors (Lipinski definition) is 4. The van der Waals surface area contributed by atoms with Crippen LogP contribution in [0.5, 0.6) is 0 Å². The van der Waals surface area contributed by atoms with Crippen molar-refractivity contribution in [2.45, 2.75) is 32.0 Å². The molecule has 2 aliphatic heterocycles. The van der Waals surface area contributed by atoms with Gasteiger partial charge in [0.15, 0.2) is 0 Å². The van der Waals surface area contributed by atoms with Crippen molar-refractivity contribution in [3.63, 3.8) is 0 Å². The maximum Gasteiger partial charge on any atom is 0.457 e. The quantitative estimate of drug-likeness (QED) is 0.611. The van der Waals surface area contributed by atoms with E-state index in [0.29, 0.717) is 23.5 Å². The number of fused-ring (bicyclic) bond motifs is 1. The number of carbonyl (C=O) groups is 1. The van der Waals surface area contributed by atoms with Crippen LogP contribution in [0, 0.1) is 11.8 Å². The van der Waals surface area contributed by atoms with Crippen LogP contribution in [0.15, 0.2) is 77.2 Å². The normalized spacial score (nSPS) is 17.3. The van der Waals surface area contributed by atoms with Crippen molar-refractivity contribution in [3.8, 4) is 23.0 Å². The first-order valence-electron chi connectivity index (χ1n) is 10.6. The number of allylic oxidation sites excluding steroid dienone is 2. The van der Waals surface area contributed by atoms with Gasteiger partial charge < -0.3 is 5.11 Å². The fourth-order valence-electron chi connectivity index (χ4n) is 4.21. The van der Waals surface area contributed by atoms with Crippen LogP contribution in [0.3, 0.4) is 0 Å². The second kappa shape index (κ2) is 9.10. The van der Waals surface area contributed by atoms with E-state index in [9.17, 15) is 23.1 Å². The minimum Gasteiger partial charge on any atom is -0.478 e. The second-order valence-electron chi connectivity index (χ2n) is 8.14. The Kier molecular flexibility index (Phi) is 6.20. The predicted octanol–water partition coefficient (Wildman–Crippen LogP) is 5.28. The highest BCUT2D eigenvalue weighted by molar-refractivity contribution is 5.96. The number of rotatable bonds is 5. The number of alkyl halides is 3. The third-order valence-electron chi connectivity index (χ3n) is 5.61. The molecule has 5 nitrogen and oxygen atoms in total. The first kappa shape index (κ1) is 23.2. The maximum atomic E-state index is 12.6. The van der Waals surface area contributed by atoms with Crippen LogP contribution in [0.2, 0.25) is 0 Å². The Morgan fingerprint density at radius 2 is 1.85 bits per heavy atom. The number of hydrogen-bond donors (Lipinski definition) is 1. The monoisotopic (exact) mass is 465 g/mol. The summed E-state index contributed by atoms with van der Waals surface area (Å²) >= 11 is 0. The molecule has 2 aromatic rings. The molecule has 8 heteroatoms. The first-order valence-corrected chi connectivity index (χ1v) is 10.6. The van der Waals surface area contributed by atoms with E-state index in [2.05, 4.69) is 10.9 Å². The Labute approximate surface area is 195 Å². The smallest absolute Gasteiger partial charge is 0.457 e. The molecule has 0 aromatic heterocycles. The van der Waals surface area contributed by atoms with Gasteiger partial charge in [0.25, 0.3) is 0 Å². The summed E-state index contributed by atoms with van der Waals surface area (Å²) in [7, 11) is 1.87. The minimum atomic E-state index is -4.54. The Balaban J connectivity index is 1.61. The van der Waals surface area contributed by atoms with E-state index in [0.717, 1.165) is 16.7 Å². The van der Waals surface area contributed by atoms with Gasteiger partial charge in [-0.1, -0.05) is 48.4 Å². The number of nitrogens with zero attached hydrogens (tertiary/aromatic N) is 3. The molecule has 1 atom stereocenters. The molecule has 4 rings (SSSR count). The third kappa shape index (κ3) is 4.99. The fourth-order valence-corrected chi connectivity index (χ4v) is 4.21. The van der Waals surface area contributed by atoms with Gasteiger partial charge >= 0.3 is 12.1 Å². The molecule has 0 spiro atoms. The molecule has 0 radical (unpaired) electrons. The standard InChI is InChI=1S/C26H22F3N3O2/c1-17-14-24-30-22(8-5-13-26(27,28)29)23(32(24)31(2)16-17)15-18-9-11-19(12-10-18)20-6-3-4-7-21(20)25(33)34/h3-4,6-7,9-12,14,16,23H,8,15H2,1-2H3,(H,33,34). The van der Waals surface area contributed by atoms with Gasteiger partial charge in [0.2, 0.25) is 0 Å². The van der Waals surface area contributed by atoms with E-state index in [1.54, 1.807) is 24.3 Å². The Hall–Kier alpha value is -3.99. The Bertz CT molecular complexity index is 1260. The lowest BCUT2D eigenvalue weighted by Gasteiger charge is -2.37. The van der Waals surface area contributed by atoms with Crippen LogP contribution in [-0.2, 0) is 6.42 Å². The summed E-state index contributed by atoms with van der Waals surface area (Å²) in [5.41, 5.74) is 4.11. The molecule has 34 heavy (non-hydrogen) atoms. The Morgan fingerprint density at radius 3 is 2.53 bits per heavy atom. The molecule has 0 aliphatic carbocycles. The number of benzene rings is 2. The molecule has 174 valence electrons. The van der Waals surface area contributed by atoms with Gasteiger partial charge in [-0.15, -0.1) is 0 Å². The van der Waals surface area contributed by atoms with E-state index in [4.69, 9.17) is 0 Å². The summed E-state index contributed by atoms with van der Waals surface area (Å²) in [6.45, 7) is 1.93. The highest BCUT2D eigenvalue weighted by Crippen LogP contribution is 2.32. The summed E-state index contributed by atoms with van der Waals surface area (Å²) in [5, 5.41) is 13.3. The van der Waals surface area contributed by atoms with Crippen molar-refractivity contribution >= 4 is 11.7 Å². The lowest BCUT2D eigenvalue weighted by Crippen LogP contribution is -2.45. The van der Waals surface area contributed by atoms with Crippen LogP contribution >= 0.6 is 0 Å². The lowest BCUT2D eigenvalue weighted by molar-refractivity contribution is -0.0697. The average Bonchev–Trinajstić information content (AvgIpc) is 3.10. The summed E-state index contributed by atoms with van der Waals surface area (Å²) in [6.07, 6.45) is -0.305. The molecule has 0 saturated carbocycles. The van der Waals surface area contributed by atoms with E-state index < -0.39 is 12.1 Å². The summed E-state index contributed by atoms with van der Waals surface area (Å²) in [5.74, 6) is 3.22. The van der Waals surface area contributed by atoms with Crippen molar-refractivity contribution in [3.05, 3.63) is 83.3 Å². The molecule has 2 aliphatic rings. The van der Waals surface area contributed by atoms with E-state index in [1.165, 1.54) is 5.92 Å². The number of aromatic carboxylic acids is 1. The van der Waals surface area contributed by atoms with Crippen LogP contribution in [-0.4, -0.2) is 46.1 Å². The summed E-state index contributed by atoms with van der Waals surface area (Å²) in [4.78, 5) is 16.1. The topological polar surface area (TPSA) is 56.1 Å². The van der Waals surface area contributed by atoms with Gasteiger partial charge in [0.1, 0.15) is 5.82 Å². The van der Waals surface area contributed by atoms with Gasteiger partial charge in [-0.2, -0.15) is 13.2 Å². The first-order chi connectivity index (χ1) is 16.1. The van der Waals surface area contributed by atoms with Crippen molar-refractivity contribution in [2.75, 3.05) is 7.05 Å². The van der Waals surface area contributed by atoms with Crippen molar-refractivity contribution in [1.29, 1.82) is 0 Å². The zero-order chi connectivity index (χ0) is 24.5. The van der Waals surface area contributed by atoms with Gasteiger partial charge in [0.05, 0.1) is 23.7 Å². The van der Waals surface area contributed by atoms with E-state index >= 15 is 0 Å². The minimum absolute atomic E-state index is 0.0883. The Morgan fingerprint density at radius 1 is 1.15 bits per heavy atom. The fraction of sp³-hybridized carbons (Fsp3) is 0.231. The predicted molar refractivity (Wildman–Crippen MR) is 124 cm³/mol. The summed E-state index contributed by atoms with van der Waals surface area (Å²) < 4.78 is 37.7. The molecule has 2 heterocycles. The van der Waals surface area contributed by atoms with Crippen LogP contribution < -0.4 is 0 Å². The largest absolute Gasteiger partial charge is 0.478 e. The highest BCUT2D eigenvalue weighted by atomic mass is 19.4. The van der Waals surface area contributed by atoms with Gasteiger partial charge in [-0.3, -0.25) is 10.0 Å². The number of carboxylic acid groups (broad SMARTS) is 1. The zero-order valence-corrected chi connectivity index (χ0v) is 18.6. The molecule has 0 bridgehead atoms. The molecule has 2 aromatic carbocycles. The number of hydrazine groups is 1. The lowest BCUT2D eigenvalue weighted by atomic mass is 9.95. The van der Waals surface area contributed by atoms with Gasteiger partial charge in [0, 0.05) is 25.6 Å². The molecule has 0 fully saturated rings. The molecular formula is C26H22F3N3O2. The number of carboxylic acids is 1. The molecule has 1 N–H and O–H groups in total. The van der Waals surface area contributed by atoms with Gasteiger partial charge in [-0.25, -0.2) is 9.79 Å². The summed E-state index contributed by atoms with van der Waals surface area (Å²) in [6, 6.07) is 14.0. The molecule has 0 saturated heterocycles. The number of aliphatic imine (C=N–C) groups is 1. The molecule has 1 unspecified atom stereocenters.